The zero-order valence-corrected chi connectivity index (χ0v) is 10.3. The summed E-state index contributed by atoms with van der Waals surface area (Å²) in [7, 11) is 0. The first-order valence-corrected chi connectivity index (χ1v) is 6.70. The smallest absolute Gasteiger partial charge is 0.0143 e. The quantitative estimate of drug-likeness (QED) is 0.686. The number of benzene rings is 1. The monoisotopic (exact) mass is 217 g/mol. The zero-order valence-electron chi connectivity index (χ0n) is 10.3. The third kappa shape index (κ3) is 3.34. The first-order valence-electron chi connectivity index (χ1n) is 6.70. The van der Waals surface area contributed by atoms with Gasteiger partial charge in [-0.25, -0.2) is 0 Å². The molecule has 0 aromatic heterocycles. The van der Waals surface area contributed by atoms with Crippen LogP contribution in [-0.2, 0) is 0 Å². The van der Waals surface area contributed by atoms with E-state index in [0.29, 0.717) is 0 Å². The zero-order chi connectivity index (χ0) is 11.2. The third-order valence-corrected chi connectivity index (χ3v) is 3.46. The fourth-order valence-electron chi connectivity index (χ4n) is 2.33. The van der Waals surface area contributed by atoms with Crippen LogP contribution in [0.3, 0.4) is 0 Å². The molecule has 1 aliphatic carbocycles. The topological polar surface area (TPSA) is 12.0 Å². The van der Waals surface area contributed by atoms with Crippen molar-refractivity contribution >= 4 is 0 Å². The van der Waals surface area contributed by atoms with Crippen LogP contribution in [0.15, 0.2) is 30.3 Å². The SMILES string of the molecule is CCCCCCNC1CC1c1ccccc1. The van der Waals surface area contributed by atoms with Crippen molar-refractivity contribution in [3.05, 3.63) is 35.9 Å². The highest BCUT2D eigenvalue weighted by molar-refractivity contribution is 5.27. The van der Waals surface area contributed by atoms with Crippen LogP contribution >= 0.6 is 0 Å². The second-order valence-corrected chi connectivity index (χ2v) is 4.87. The molecule has 0 heterocycles. The van der Waals surface area contributed by atoms with Gasteiger partial charge in [-0.2, -0.15) is 0 Å². The largest absolute Gasteiger partial charge is 0.313 e. The fourth-order valence-corrected chi connectivity index (χ4v) is 2.33. The van der Waals surface area contributed by atoms with E-state index in [1.54, 1.807) is 0 Å². The van der Waals surface area contributed by atoms with Crippen LogP contribution in [0.1, 0.15) is 50.5 Å². The molecule has 0 radical (unpaired) electrons. The molecule has 1 aromatic carbocycles. The predicted octanol–water partition coefficient (Wildman–Crippen LogP) is 3.71. The molecule has 1 fully saturated rings. The molecule has 16 heavy (non-hydrogen) atoms. The molecule has 1 aliphatic rings. The average molecular weight is 217 g/mol. The highest BCUT2D eigenvalue weighted by atomic mass is 15.0. The molecule has 0 amide bonds. The number of nitrogens with one attached hydrogen (secondary N) is 1. The maximum atomic E-state index is 3.66. The molecule has 0 aliphatic heterocycles. The van der Waals surface area contributed by atoms with Gasteiger partial charge in [-0.05, 0) is 24.9 Å². The van der Waals surface area contributed by atoms with Gasteiger partial charge in [0.25, 0.3) is 0 Å². The Balaban J connectivity index is 1.61. The van der Waals surface area contributed by atoms with Crippen molar-refractivity contribution < 1.29 is 0 Å². The minimum absolute atomic E-state index is 0.754. The summed E-state index contributed by atoms with van der Waals surface area (Å²) >= 11 is 0. The van der Waals surface area contributed by atoms with E-state index in [1.807, 2.05) is 0 Å². The normalized spacial score (nSPS) is 23.3. The summed E-state index contributed by atoms with van der Waals surface area (Å²) < 4.78 is 0. The lowest BCUT2D eigenvalue weighted by atomic mass is 10.1. The maximum absolute atomic E-state index is 3.66. The molecule has 1 aromatic rings. The van der Waals surface area contributed by atoms with Gasteiger partial charge < -0.3 is 5.32 Å². The van der Waals surface area contributed by atoms with Gasteiger partial charge in [-0.3, -0.25) is 0 Å². The Morgan fingerprint density at radius 2 is 1.94 bits per heavy atom. The van der Waals surface area contributed by atoms with Crippen LogP contribution in [0.25, 0.3) is 0 Å². The Morgan fingerprint density at radius 3 is 2.69 bits per heavy atom. The van der Waals surface area contributed by atoms with Crippen LogP contribution in [0.4, 0.5) is 0 Å². The Hall–Kier alpha value is -0.820. The van der Waals surface area contributed by atoms with Crippen molar-refractivity contribution in [1.29, 1.82) is 0 Å². The van der Waals surface area contributed by atoms with E-state index >= 15 is 0 Å². The van der Waals surface area contributed by atoms with Gasteiger partial charge >= 0.3 is 0 Å². The fraction of sp³-hybridized carbons (Fsp3) is 0.600. The highest BCUT2D eigenvalue weighted by Crippen LogP contribution is 2.40. The average Bonchev–Trinajstić information content (AvgIpc) is 3.10. The molecule has 0 saturated heterocycles. The van der Waals surface area contributed by atoms with Crippen molar-refractivity contribution in [3.8, 4) is 0 Å². The summed E-state index contributed by atoms with van der Waals surface area (Å²) in [5.41, 5.74) is 1.51. The molecule has 1 heteroatoms. The summed E-state index contributed by atoms with van der Waals surface area (Å²) in [6, 6.07) is 11.6. The van der Waals surface area contributed by atoms with Crippen molar-refractivity contribution in [3.63, 3.8) is 0 Å². The number of hydrogen-bond acceptors (Lipinski definition) is 1. The summed E-state index contributed by atoms with van der Waals surface area (Å²) in [5.74, 6) is 0.785. The van der Waals surface area contributed by atoms with Crippen LogP contribution < -0.4 is 5.32 Å². The van der Waals surface area contributed by atoms with Gasteiger partial charge in [0, 0.05) is 12.0 Å². The van der Waals surface area contributed by atoms with E-state index in [0.717, 1.165) is 12.0 Å². The van der Waals surface area contributed by atoms with Gasteiger partial charge in [-0.15, -0.1) is 0 Å². The molecular weight excluding hydrogens is 194 g/mol. The Bertz CT molecular complexity index is 294. The highest BCUT2D eigenvalue weighted by Gasteiger charge is 2.37. The van der Waals surface area contributed by atoms with Crippen molar-refractivity contribution in [2.45, 2.75) is 51.0 Å². The molecule has 1 N–H and O–H groups in total. The van der Waals surface area contributed by atoms with E-state index in [4.69, 9.17) is 0 Å². The minimum Gasteiger partial charge on any atom is -0.313 e. The van der Waals surface area contributed by atoms with Crippen LogP contribution in [0, 0.1) is 0 Å². The molecule has 2 rings (SSSR count). The summed E-state index contributed by atoms with van der Waals surface area (Å²) in [6.45, 7) is 3.47. The molecular formula is C15H23N. The van der Waals surface area contributed by atoms with E-state index in [2.05, 4.69) is 42.6 Å². The van der Waals surface area contributed by atoms with Gasteiger partial charge in [0.15, 0.2) is 0 Å². The molecule has 1 saturated carbocycles. The van der Waals surface area contributed by atoms with E-state index in [-0.39, 0.29) is 0 Å². The summed E-state index contributed by atoms with van der Waals surface area (Å²) in [4.78, 5) is 0. The lowest BCUT2D eigenvalue weighted by Gasteiger charge is -2.04. The summed E-state index contributed by atoms with van der Waals surface area (Å²) in [5, 5.41) is 3.66. The lowest BCUT2D eigenvalue weighted by Crippen LogP contribution is -2.19. The maximum Gasteiger partial charge on any atom is 0.0143 e. The Morgan fingerprint density at radius 1 is 1.12 bits per heavy atom. The molecule has 2 unspecified atom stereocenters. The summed E-state index contributed by atoms with van der Waals surface area (Å²) in [6.07, 6.45) is 6.76. The van der Waals surface area contributed by atoms with Crippen molar-refractivity contribution in [2.75, 3.05) is 6.54 Å². The van der Waals surface area contributed by atoms with E-state index in [1.165, 1.54) is 44.2 Å². The standard InChI is InChI=1S/C15H23N/c1-2-3-4-8-11-16-15-12-14(15)13-9-6-5-7-10-13/h5-7,9-10,14-16H,2-4,8,11-12H2,1H3. The molecule has 2 atom stereocenters. The number of hydrogen-bond donors (Lipinski definition) is 1. The van der Waals surface area contributed by atoms with E-state index in [9.17, 15) is 0 Å². The number of unbranched alkanes of at least 4 members (excludes halogenated alkanes) is 3. The van der Waals surface area contributed by atoms with Gasteiger partial charge in [0.1, 0.15) is 0 Å². The molecule has 88 valence electrons. The predicted molar refractivity (Wildman–Crippen MR) is 69.7 cm³/mol. The Labute approximate surface area is 99.3 Å². The Kier molecular flexibility index (Phi) is 4.41. The molecule has 0 spiro atoms. The second kappa shape index (κ2) is 6.05. The van der Waals surface area contributed by atoms with Crippen LogP contribution in [-0.4, -0.2) is 12.6 Å². The first-order chi connectivity index (χ1) is 7.92. The molecule has 1 nitrogen and oxygen atoms in total. The minimum atomic E-state index is 0.754. The van der Waals surface area contributed by atoms with Gasteiger partial charge in [-0.1, -0.05) is 56.5 Å². The van der Waals surface area contributed by atoms with Crippen LogP contribution in [0.2, 0.25) is 0 Å². The second-order valence-electron chi connectivity index (χ2n) is 4.87. The number of rotatable bonds is 7. The lowest BCUT2D eigenvalue weighted by molar-refractivity contribution is 0.590. The van der Waals surface area contributed by atoms with E-state index < -0.39 is 0 Å². The van der Waals surface area contributed by atoms with Gasteiger partial charge in [0.05, 0.1) is 0 Å². The molecule has 0 bridgehead atoms. The van der Waals surface area contributed by atoms with Gasteiger partial charge in [0.2, 0.25) is 0 Å². The third-order valence-electron chi connectivity index (χ3n) is 3.46. The first kappa shape index (κ1) is 11.7. The van der Waals surface area contributed by atoms with Crippen molar-refractivity contribution in [2.24, 2.45) is 0 Å². The van der Waals surface area contributed by atoms with Crippen molar-refractivity contribution in [1.82, 2.24) is 5.32 Å². The van der Waals surface area contributed by atoms with Crippen LogP contribution in [0.5, 0.6) is 0 Å².